The summed E-state index contributed by atoms with van der Waals surface area (Å²) >= 11 is 3.51. The first-order chi connectivity index (χ1) is 15.7. The zero-order chi connectivity index (χ0) is 21.9. The fourth-order valence-corrected chi connectivity index (χ4v) is 4.09. The Labute approximate surface area is 193 Å². The number of fused-ring (bicyclic) bond motifs is 2. The van der Waals surface area contributed by atoms with Gasteiger partial charge in [0.2, 0.25) is 13.1 Å². The van der Waals surface area contributed by atoms with Gasteiger partial charge in [0.05, 0.1) is 6.61 Å². The second-order valence-electron chi connectivity index (χ2n) is 7.28. The maximum Gasteiger partial charge on any atom is 0.331 e. The molecule has 5 rings (SSSR count). The van der Waals surface area contributed by atoms with E-state index in [-0.39, 0.29) is 13.4 Å². The summed E-state index contributed by atoms with van der Waals surface area (Å²) in [7, 11) is 0. The summed E-state index contributed by atoms with van der Waals surface area (Å²) in [6.45, 7) is 0.687. The van der Waals surface area contributed by atoms with Gasteiger partial charge in [0, 0.05) is 27.2 Å². The molecule has 0 saturated carbocycles. The molecule has 2 heterocycles. The van der Waals surface area contributed by atoms with Gasteiger partial charge in [0.1, 0.15) is 12.4 Å². The number of ether oxygens (including phenoxy) is 5. The Hall–Kier alpha value is -3.29. The molecule has 0 saturated heterocycles. The van der Waals surface area contributed by atoms with Crippen LogP contribution in [0.1, 0.15) is 28.5 Å². The summed E-state index contributed by atoms with van der Waals surface area (Å²) in [6.07, 6.45) is 2.56. The Balaban J connectivity index is 1.27. The average Bonchev–Trinajstić information content (AvgIpc) is 3.29. The highest BCUT2D eigenvalue weighted by molar-refractivity contribution is 9.10. The van der Waals surface area contributed by atoms with E-state index in [0.717, 1.165) is 26.7 Å². The maximum absolute atomic E-state index is 12.3. The molecule has 0 amide bonds. The predicted octanol–water partition coefficient (Wildman–Crippen LogP) is 5.54. The van der Waals surface area contributed by atoms with Gasteiger partial charge in [0.15, 0.2) is 11.5 Å². The summed E-state index contributed by atoms with van der Waals surface area (Å²) in [5, 5.41) is 0. The van der Waals surface area contributed by atoms with Crippen molar-refractivity contribution in [3.8, 4) is 17.2 Å². The molecule has 2 aliphatic rings. The van der Waals surface area contributed by atoms with Gasteiger partial charge in [0.25, 0.3) is 0 Å². The number of carbonyl (C=O) groups is 1. The van der Waals surface area contributed by atoms with E-state index in [1.807, 2.05) is 60.7 Å². The first kappa shape index (κ1) is 20.6. The summed E-state index contributed by atoms with van der Waals surface area (Å²) < 4.78 is 29.0. The summed E-state index contributed by atoms with van der Waals surface area (Å²) in [5.74, 6) is 1.58. The monoisotopic (exact) mass is 494 g/mol. The third-order valence-electron chi connectivity index (χ3n) is 5.07. The van der Waals surface area contributed by atoms with Gasteiger partial charge in [-0.1, -0.05) is 52.3 Å². The minimum absolute atomic E-state index is 0.0770. The van der Waals surface area contributed by atoms with Crippen LogP contribution in [-0.2, 0) is 27.5 Å². The highest BCUT2D eigenvalue weighted by Crippen LogP contribution is 2.38. The van der Waals surface area contributed by atoms with Crippen LogP contribution < -0.4 is 14.2 Å². The third-order valence-corrected chi connectivity index (χ3v) is 5.53. The van der Waals surface area contributed by atoms with E-state index >= 15 is 0 Å². The zero-order valence-electron chi connectivity index (χ0n) is 17.0. The van der Waals surface area contributed by atoms with Crippen molar-refractivity contribution in [3.05, 3.63) is 93.5 Å². The Kier molecular flexibility index (Phi) is 5.83. The van der Waals surface area contributed by atoms with Crippen molar-refractivity contribution < 1.29 is 28.5 Å². The number of benzene rings is 3. The van der Waals surface area contributed by atoms with Gasteiger partial charge >= 0.3 is 5.97 Å². The van der Waals surface area contributed by atoms with Crippen molar-refractivity contribution in [2.24, 2.45) is 0 Å². The Morgan fingerprint density at radius 3 is 2.78 bits per heavy atom. The lowest BCUT2D eigenvalue weighted by Crippen LogP contribution is -2.19. The van der Waals surface area contributed by atoms with Crippen LogP contribution in [0.5, 0.6) is 17.2 Å². The van der Waals surface area contributed by atoms with Crippen LogP contribution in [0.3, 0.4) is 0 Å². The van der Waals surface area contributed by atoms with Crippen molar-refractivity contribution in [1.29, 1.82) is 0 Å². The second kappa shape index (κ2) is 9.06. The van der Waals surface area contributed by atoms with E-state index in [1.54, 1.807) is 6.08 Å². The summed E-state index contributed by atoms with van der Waals surface area (Å²) in [6, 6.07) is 19.0. The summed E-state index contributed by atoms with van der Waals surface area (Å²) in [5.41, 5.74) is 3.41. The van der Waals surface area contributed by atoms with Gasteiger partial charge in [-0.05, 0) is 35.9 Å². The highest BCUT2D eigenvalue weighted by Gasteiger charge is 2.25. The molecule has 0 aliphatic carbocycles. The van der Waals surface area contributed by atoms with Crippen LogP contribution in [0.25, 0.3) is 6.08 Å². The van der Waals surface area contributed by atoms with Crippen LogP contribution in [0.2, 0.25) is 0 Å². The molecule has 0 radical (unpaired) electrons. The molecule has 2 aliphatic heterocycles. The third kappa shape index (κ3) is 4.49. The Morgan fingerprint density at radius 2 is 1.91 bits per heavy atom. The van der Waals surface area contributed by atoms with E-state index in [9.17, 15) is 4.79 Å². The van der Waals surface area contributed by atoms with Gasteiger partial charge in [-0.2, -0.15) is 0 Å². The van der Waals surface area contributed by atoms with E-state index in [1.165, 1.54) is 6.08 Å². The first-order valence-corrected chi connectivity index (χ1v) is 10.8. The second-order valence-corrected chi connectivity index (χ2v) is 8.19. The number of rotatable bonds is 5. The molecule has 162 valence electrons. The summed E-state index contributed by atoms with van der Waals surface area (Å²) in [4.78, 5) is 12.3. The molecule has 0 aromatic heterocycles. The lowest BCUT2D eigenvalue weighted by atomic mass is 10.1. The molecule has 3 aromatic carbocycles. The van der Waals surface area contributed by atoms with E-state index in [0.29, 0.717) is 23.9 Å². The standard InChI is InChI=1S/C25H19BrO6/c26-20-11-18(24-19(12-20)14-29-25(32-24)17-4-2-1-3-5-17)13-28-23(27)9-7-16-6-8-21-22(10-16)31-15-30-21/h1-12,25H,13-15H2. The van der Waals surface area contributed by atoms with Gasteiger partial charge in [-0.15, -0.1) is 0 Å². The SMILES string of the molecule is O=C(C=Cc1ccc2c(c1)OCO2)OCc1cc(Br)cc2c1OC(c1ccccc1)OC2. The highest BCUT2D eigenvalue weighted by atomic mass is 79.9. The number of hydrogen-bond acceptors (Lipinski definition) is 6. The number of hydrogen-bond donors (Lipinski definition) is 0. The lowest BCUT2D eigenvalue weighted by Gasteiger charge is -2.28. The molecule has 0 N–H and O–H groups in total. The fourth-order valence-electron chi connectivity index (χ4n) is 3.54. The van der Waals surface area contributed by atoms with Crippen LogP contribution >= 0.6 is 15.9 Å². The molecule has 0 bridgehead atoms. The number of esters is 1. The zero-order valence-corrected chi connectivity index (χ0v) is 18.5. The average molecular weight is 495 g/mol. The molecule has 1 unspecified atom stereocenters. The van der Waals surface area contributed by atoms with Crippen molar-refractivity contribution in [1.82, 2.24) is 0 Å². The molecule has 6 nitrogen and oxygen atoms in total. The first-order valence-electron chi connectivity index (χ1n) is 10.0. The molecule has 32 heavy (non-hydrogen) atoms. The van der Waals surface area contributed by atoms with Gasteiger partial charge in [-0.25, -0.2) is 4.79 Å². The van der Waals surface area contributed by atoms with E-state index in [4.69, 9.17) is 23.7 Å². The smallest absolute Gasteiger partial charge is 0.331 e. The largest absolute Gasteiger partial charge is 0.460 e. The molecule has 1 atom stereocenters. The topological polar surface area (TPSA) is 63.2 Å². The minimum atomic E-state index is -0.509. The van der Waals surface area contributed by atoms with Gasteiger partial charge in [-0.3, -0.25) is 0 Å². The van der Waals surface area contributed by atoms with Crippen molar-refractivity contribution in [2.75, 3.05) is 6.79 Å². The van der Waals surface area contributed by atoms with Crippen LogP contribution in [0.4, 0.5) is 0 Å². The molecule has 0 spiro atoms. The van der Waals surface area contributed by atoms with Crippen LogP contribution in [-0.4, -0.2) is 12.8 Å². The molecular formula is C25H19BrO6. The van der Waals surface area contributed by atoms with E-state index in [2.05, 4.69) is 15.9 Å². The predicted molar refractivity (Wildman–Crippen MR) is 120 cm³/mol. The number of halogens is 1. The molecular weight excluding hydrogens is 476 g/mol. The van der Waals surface area contributed by atoms with Crippen molar-refractivity contribution in [2.45, 2.75) is 19.5 Å². The quantitative estimate of drug-likeness (QED) is 0.342. The normalized spacial score (nSPS) is 16.5. The minimum Gasteiger partial charge on any atom is -0.460 e. The molecule has 7 heteroatoms. The Morgan fingerprint density at radius 1 is 1.06 bits per heavy atom. The van der Waals surface area contributed by atoms with Crippen molar-refractivity contribution in [3.63, 3.8) is 0 Å². The van der Waals surface area contributed by atoms with E-state index < -0.39 is 12.3 Å². The maximum atomic E-state index is 12.3. The van der Waals surface area contributed by atoms with Crippen LogP contribution in [0, 0.1) is 0 Å². The molecule has 0 fully saturated rings. The van der Waals surface area contributed by atoms with Crippen LogP contribution in [0.15, 0.2) is 71.2 Å². The fraction of sp³-hybridized carbons (Fsp3) is 0.160. The number of carbonyl (C=O) groups excluding carboxylic acids is 1. The lowest BCUT2D eigenvalue weighted by molar-refractivity contribution is -0.139. The molecule has 3 aromatic rings. The van der Waals surface area contributed by atoms with Crippen molar-refractivity contribution >= 4 is 28.0 Å². The Bertz CT molecular complexity index is 1170. The van der Waals surface area contributed by atoms with Gasteiger partial charge < -0.3 is 23.7 Å².